The lowest BCUT2D eigenvalue weighted by Gasteiger charge is -2.08. The number of halogens is 3. The van der Waals surface area contributed by atoms with Gasteiger partial charge in [0.2, 0.25) is 5.88 Å². The maximum absolute atomic E-state index is 12.9. The lowest BCUT2D eigenvalue weighted by Crippen LogP contribution is -2.08. The minimum Gasteiger partial charge on any atom is -0.478 e. The highest BCUT2D eigenvalue weighted by molar-refractivity contribution is 7.98. The Hall–Kier alpha value is -2.36. The van der Waals surface area contributed by atoms with Gasteiger partial charge in [0.15, 0.2) is 0 Å². The molecule has 3 aromatic rings. The van der Waals surface area contributed by atoms with Gasteiger partial charge in [-0.3, -0.25) is 0 Å². The number of hydrogen-bond donors (Lipinski definition) is 0. The molecule has 26 heavy (non-hydrogen) atoms. The first-order chi connectivity index (χ1) is 12.3. The second kappa shape index (κ2) is 7.10. The molecule has 0 aliphatic rings. The van der Waals surface area contributed by atoms with E-state index in [1.54, 1.807) is 13.0 Å². The number of hydrogen-bond acceptors (Lipinski definition) is 6. The SMILES string of the molecule is CCOc1cc(CSc2cc(C)cc(C)n2)nc2nc(C(F)(F)F)nn12. The molecule has 6 nitrogen and oxygen atoms in total. The summed E-state index contributed by atoms with van der Waals surface area (Å²) in [6, 6.07) is 5.48. The van der Waals surface area contributed by atoms with E-state index in [2.05, 4.69) is 20.1 Å². The second-order valence-corrected chi connectivity index (χ2v) is 6.57. The average Bonchev–Trinajstić information content (AvgIpc) is 2.97. The van der Waals surface area contributed by atoms with Crippen molar-refractivity contribution in [3.63, 3.8) is 0 Å². The summed E-state index contributed by atoms with van der Waals surface area (Å²) in [7, 11) is 0. The zero-order valence-electron chi connectivity index (χ0n) is 14.3. The van der Waals surface area contributed by atoms with Crippen LogP contribution in [-0.4, -0.2) is 31.2 Å². The number of nitrogens with zero attached hydrogens (tertiary/aromatic N) is 5. The number of fused-ring (bicyclic) bond motifs is 1. The van der Waals surface area contributed by atoms with Crippen molar-refractivity contribution in [2.45, 2.75) is 37.7 Å². The van der Waals surface area contributed by atoms with Gasteiger partial charge in [-0.2, -0.15) is 22.7 Å². The molecule has 0 aliphatic heterocycles. The van der Waals surface area contributed by atoms with Gasteiger partial charge >= 0.3 is 6.18 Å². The molecule has 138 valence electrons. The Morgan fingerprint density at radius 2 is 1.88 bits per heavy atom. The van der Waals surface area contributed by atoms with Crippen LogP contribution < -0.4 is 4.74 Å². The third-order valence-electron chi connectivity index (χ3n) is 3.32. The Morgan fingerprint density at radius 1 is 1.12 bits per heavy atom. The molecule has 0 saturated carbocycles. The summed E-state index contributed by atoms with van der Waals surface area (Å²) < 4.78 is 45.0. The molecule has 10 heteroatoms. The summed E-state index contributed by atoms with van der Waals surface area (Å²) in [6.45, 7) is 5.90. The van der Waals surface area contributed by atoms with Crippen LogP contribution in [0.25, 0.3) is 5.78 Å². The van der Waals surface area contributed by atoms with E-state index in [-0.39, 0.29) is 18.3 Å². The number of rotatable bonds is 5. The molecule has 0 fully saturated rings. The van der Waals surface area contributed by atoms with Crippen molar-refractivity contribution in [1.82, 2.24) is 24.6 Å². The van der Waals surface area contributed by atoms with Crippen LogP contribution in [0.5, 0.6) is 5.88 Å². The molecule has 0 unspecified atom stereocenters. The molecule has 3 heterocycles. The van der Waals surface area contributed by atoms with Gasteiger partial charge in [0.1, 0.15) is 0 Å². The van der Waals surface area contributed by atoms with E-state index in [9.17, 15) is 13.2 Å². The maximum Gasteiger partial charge on any atom is 0.453 e. The van der Waals surface area contributed by atoms with Gasteiger partial charge in [0, 0.05) is 17.5 Å². The molecule has 0 spiro atoms. The fourth-order valence-electron chi connectivity index (χ4n) is 2.36. The topological polar surface area (TPSA) is 65.2 Å². The number of pyridine rings is 1. The molecule has 0 bridgehead atoms. The van der Waals surface area contributed by atoms with Gasteiger partial charge in [-0.25, -0.2) is 9.97 Å². The van der Waals surface area contributed by atoms with Gasteiger partial charge in [-0.1, -0.05) is 0 Å². The number of ether oxygens (including phenoxy) is 1. The summed E-state index contributed by atoms with van der Waals surface area (Å²) in [5, 5.41) is 4.28. The molecule has 0 N–H and O–H groups in total. The van der Waals surface area contributed by atoms with E-state index in [4.69, 9.17) is 4.74 Å². The third kappa shape index (κ3) is 4.06. The van der Waals surface area contributed by atoms with E-state index < -0.39 is 12.0 Å². The average molecular weight is 383 g/mol. The van der Waals surface area contributed by atoms with Crippen LogP contribution in [0.4, 0.5) is 13.2 Å². The predicted molar refractivity (Wildman–Crippen MR) is 90.2 cm³/mol. The van der Waals surface area contributed by atoms with Crippen molar-refractivity contribution in [3.8, 4) is 5.88 Å². The van der Waals surface area contributed by atoms with Gasteiger partial charge < -0.3 is 4.74 Å². The fourth-order valence-corrected chi connectivity index (χ4v) is 3.28. The highest BCUT2D eigenvalue weighted by Crippen LogP contribution is 2.28. The van der Waals surface area contributed by atoms with Crippen molar-refractivity contribution in [1.29, 1.82) is 0 Å². The highest BCUT2D eigenvalue weighted by atomic mass is 32.2. The molecule has 0 saturated heterocycles. The Balaban J connectivity index is 1.92. The van der Waals surface area contributed by atoms with Crippen molar-refractivity contribution in [3.05, 3.63) is 41.0 Å². The lowest BCUT2D eigenvalue weighted by molar-refractivity contribution is -0.144. The molecule has 0 radical (unpaired) electrons. The minimum atomic E-state index is -4.64. The normalized spacial score (nSPS) is 11.9. The first-order valence-corrected chi connectivity index (χ1v) is 8.79. The molecule has 3 rings (SSSR count). The number of alkyl halides is 3. The molecule has 0 amide bonds. The van der Waals surface area contributed by atoms with Crippen LogP contribution in [-0.2, 0) is 11.9 Å². The van der Waals surface area contributed by atoms with Crippen LogP contribution >= 0.6 is 11.8 Å². The summed E-state index contributed by atoms with van der Waals surface area (Å²) in [6.07, 6.45) is -4.64. The van der Waals surface area contributed by atoms with Crippen LogP contribution in [0.1, 0.15) is 29.7 Å². The first-order valence-electron chi connectivity index (χ1n) is 7.81. The molecular weight excluding hydrogens is 367 g/mol. The predicted octanol–water partition coefficient (Wildman–Crippen LogP) is 3.85. The Kier molecular flexibility index (Phi) is 5.03. The summed E-state index contributed by atoms with van der Waals surface area (Å²) in [5.41, 5.74) is 2.52. The Morgan fingerprint density at radius 3 is 2.54 bits per heavy atom. The van der Waals surface area contributed by atoms with E-state index in [0.29, 0.717) is 11.4 Å². The fraction of sp³-hybridized carbons (Fsp3) is 0.375. The van der Waals surface area contributed by atoms with Crippen LogP contribution in [0.3, 0.4) is 0 Å². The summed E-state index contributed by atoms with van der Waals surface area (Å²) in [5.74, 6) is -0.802. The standard InChI is InChI=1S/C16H16F3N5OS/c1-4-25-13-7-11(8-26-12-6-9(2)5-10(3)20-12)21-15-22-14(16(17,18)19)23-24(13)15/h5-7H,4,8H2,1-3H3. The molecule has 3 aromatic heterocycles. The van der Waals surface area contributed by atoms with E-state index in [1.807, 2.05) is 26.0 Å². The van der Waals surface area contributed by atoms with Gasteiger partial charge in [-0.15, -0.1) is 16.9 Å². The van der Waals surface area contributed by atoms with Crippen molar-refractivity contribution in [2.24, 2.45) is 0 Å². The zero-order chi connectivity index (χ0) is 18.9. The Labute approximate surface area is 151 Å². The quantitative estimate of drug-likeness (QED) is 0.624. The molecule has 0 aliphatic carbocycles. The smallest absolute Gasteiger partial charge is 0.453 e. The molecule has 0 aromatic carbocycles. The number of aryl methyl sites for hydroxylation is 2. The second-order valence-electron chi connectivity index (χ2n) is 5.58. The monoisotopic (exact) mass is 383 g/mol. The molecule has 0 atom stereocenters. The van der Waals surface area contributed by atoms with Crippen LogP contribution in [0, 0.1) is 13.8 Å². The zero-order valence-corrected chi connectivity index (χ0v) is 15.1. The maximum atomic E-state index is 12.9. The van der Waals surface area contributed by atoms with E-state index in [0.717, 1.165) is 20.8 Å². The van der Waals surface area contributed by atoms with Crippen molar-refractivity contribution < 1.29 is 17.9 Å². The summed E-state index contributed by atoms with van der Waals surface area (Å²) in [4.78, 5) is 12.1. The molecular formula is C16H16F3N5OS. The Bertz CT molecular complexity index is 921. The van der Waals surface area contributed by atoms with Gasteiger partial charge in [-0.05, 0) is 38.5 Å². The van der Waals surface area contributed by atoms with Crippen LogP contribution in [0.15, 0.2) is 23.2 Å². The van der Waals surface area contributed by atoms with Crippen molar-refractivity contribution >= 4 is 17.5 Å². The summed E-state index contributed by atoms with van der Waals surface area (Å²) >= 11 is 1.44. The highest BCUT2D eigenvalue weighted by Gasteiger charge is 2.37. The van der Waals surface area contributed by atoms with E-state index in [1.165, 1.54) is 11.8 Å². The third-order valence-corrected chi connectivity index (χ3v) is 4.27. The largest absolute Gasteiger partial charge is 0.478 e. The minimum absolute atomic E-state index is 0.146. The number of aromatic nitrogens is 5. The van der Waals surface area contributed by atoms with Crippen LogP contribution in [0.2, 0.25) is 0 Å². The lowest BCUT2D eigenvalue weighted by atomic mass is 10.3. The van der Waals surface area contributed by atoms with Gasteiger partial charge in [0.05, 0.1) is 17.3 Å². The van der Waals surface area contributed by atoms with Gasteiger partial charge in [0.25, 0.3) is 11.6 Å². The number of thioether (sulfide) groups is 1. The van der Waals surface area contributed by atoms with Crippen molar-refractivity contribution in [2.75, 3.05) is 6.61 Å². The van der Waals surface area contributed by atoms with E-state index >= 15 is 0 Å². The first kappa shape index (κ1) is 18.4.